The summed E-state index contributed by atoms with van der Waals surface area (Å²) in [6.45, 7) is -0.910. The van der Waals surface area contributed by atoms with Crippen LogP contribution in [0.1, 0.15) is 16.6 Å². The van der Waals surface area contributed by atoms with Gasteiger partial charge in [0, 0.05) is 12.3 Å². The minimum absolute atomic E-state index is 0.189. The lowest BCUT2D eigenvalue weighted by atomic mass is 10.1. The number of halogens is 1. The first-order valence-electron chi connectivity index (χ1n) is 8.15. The number of alkyl halides is 1. The summed E-state index contributed by atoms with van der Waals surface area (Å²) in [4.78, 5) is 48.8. The van der Waals surface area contributed by atoms with E-state index >= 15 is 4.39 Å². The molecule has 10 nitrogen and oxygen atoms in total. The monoisotopic (exact) mass is 392 g/mol. The summed E-state index contributed by atoms with van der Waals surface area (Å²) in [5, 5.41) is 0. The van der Waals surface area contributed by atoms with Gasteiger partial charge in [0.25, 0.3) is 11.4 Å². The van der Waals surface area contributed by atoms with E-state index in [-0.39, 0.29) is 5.56 Å². The fourth-order valence-electron chi connectivity index (χ4n) is 3.03. The van der Waals surface area contributed by atoms with Crippen molar-refractivity contribution >= 4 is 12.1 Å². The van der Waals surface area contributed by atoms with E-state index in [2.05, 4.69) is 0 Å². The number of esters is 1. The van der Waals surface area contributed by atoms with Crippen LogP contribution in [-0.4, -0.2) is 46.3 Å². The molecule has 0 saturated carbocycles. The van der Waals surface area contributed by atoms with Crippen LogP contribution in [-0.2, 0) is 18.9 Å². The van der Waals surface area contributed by atoms with Crippen molar-refractivity contribution in [1.29, 1.82) is 0 Å². The van der Waals surface area contributed by atoms with Gasteiger partial charge in [-0.2, -0.15) is 0 Å². The van der Waals surface area contributed by atoms with E-state index in [1.165, 1.54) is 12.1 Å². The quantitative estimate of drug-likeness (QED) is 0.745. The molecule has 2 aliphatic rings. The second-order valence-electron chi connectivity index (χ2n) is 6.13. The van der Waals surface area contributed by atoms with Crippen LogP contribution in [0.25, 0.3) is 0 Å². The van der Waals surface area contributed by atoms with E-state index in [9.17, 15) is 19.2 Å². The minimum atomic E-state index is -2.76. The fourth-order valence-corrected chi connectivity index (χ4v) is 3.03. The molecule has 0 spiro atoms. The average molecular weight is 392 g/mol. The summed E-state index contributed by atoms with van der Waals surface area (Å²) >= 11 is 0. The lowest BCUT2D eigenvalue weighted by Gasteiger charge is -2.23. The molecule has 4 rings (SSSR count). The molecule has 1 N–H and O–H groups in total. The van der Waals surface area contributed by atoms with Crippen LogP contribution in [0, 0.1) is 0 Å². The Hall–Kier alpha value is -3.47. The summed E-state index contributed by atoms with van der Waals surface area (Å²) in [5.74, 6) is -3.57. The van der Waals surface area contributed by atoms with Crippen LogP contribution in [0.4, 0.5) is 9.18 Å². The Bertz CT molecular complexity index is 1040. The van der Waals surface area contributed by atoms with Crippen molar-refractivity contribution in [2.45, 2.75) is 24.3 Å². The first kappa shape index (κ1) is 17.9. The van der Waals surface area contributed by atoms with Crippen LogP contribution in [0.5, 0.6) is 0 Å². The van der Waals surface area contributed by atoms with Crippen LogP contribution in [0.15, 0.2) is 52.2 Å². The number of ether oxygens (including phenoxy) is 4. The number of rotatable bonds is 4. The van der Waals surface area contributed by atoms with E-state index in [4.69, 9.17) is 18.9 Å². The topological polar surface area (TPSA) is 126 Å². The number of carbonyl (C=O) groups is 2. The van der Waals surface area contributed by atoms with Gasteiger partial charge in [0.1, 0.15) is 0 Å². The van der Waals surface area contributed by atoms with Crippen molar-refractivity contribution in [3.05, 3.63) is 69.0 Å². The lowest BCUT2D eigenvalue weighted by Crippen LogP contribution is -2.42. The summed E-state index contributed by atoms with van der Waals surface area (Å²) in [5.41, 5.74) is -1.38. The molecule has 0 aliphatic carbocycles. The Kier molecular flexibility index (Phi) is 4.23. The number of carbonyl (C=O) groups excluding carboxylic acids is 2. The first-order chi connectivity index (χ1) is 13.4. The fraction of sp³-hybridized carbons (Fsp3) is 0.294. The molecule has 2 aromatic rings. The molecule has 4 atom stereocenters. The van der Waals surface area contributed by atoms with E-state index in [0.29, 0.717) is 0 Å². The maximum Gasteiger partial charge on any atom is 0.509 e. The summed E-state index contributed by atoms with van der Waals surface area (Å²) in [6.07, 6.45) is -4.42. The van der Waals surface area contributed by atoms with Gasteiger partial charge in [0.2, 0.25) is 6.10 Å². The van der Waals surface area contributed by atoms with Gasteiger partial charge >= 0.3 is 17.8 Å². The van der Waals surface area contributed by atoms with Crippen molar-refractivity contribution in [2.24, 2.45) is 0 Å². The Morgan fingerprint density at radius 2 is 1.93 bits per heavy atom. The third-order valence-corrected chi connectivity index (χ3v) is 4.31. The molecule has 2 saturated heterocycles. The highest BCUT2D eigenvalue weighted by Crippen LogP contribution is 2.44. The molecule has 0 radical (unpaired) electrons. The second kappa shape index (κ2) is 6.60. The SMILES string of the molecule is O=C1O[C@H]2[C@H](n3ccc(=O)[nH]c3=O)O[C@](F)(COC(=O)c3ccccc3)[C@H]2O1. The maximum absolute atomic E-state index is 15.4. The molecule has 2 aliphatic heterocycles. The third kappa shape index (κ3) is 3.05. The summed E-state index contributed by atoms with van der Waals surface area (Å²) in [7, 11) is 0. The molecule has 0 unspecified atom stereocenters. The normalized spacial score (nSPS) is 28.3. The van der Waals surface area contributed by atoms with Crippen LogP contribution in [0.3, 0.4) is 0 Å². The largest absolute Gasteiger partial charge is 0.509 e. The second-order valence-corrected chi connectivity index (χ2v) is 6.13. The first-order valence-corrected chi connectivity index (χ1v) is 8.15. The highest BCUT2D eigenvalue weighted by molar-refractivity contribution is 5.89. The van der Waals surface area contributed by atoms with Gasteiger partial charge in [-0.15, -0.1) is 0 Å². The average Bonchev–Trinajstić information content (AvgIpc) is 3.18. The zero-order chi connectivity index (χ0) is 19.9. The van der Waals surface area contributed by atoms with Crippen molar-refractivity contribution in [3.63, 3.8) is 0 Å². The molecule has 2 fully saturated rings. The molecular weight excluding hydrogens is 379 g/mol. The van der Waals surface area contributed by atoms with Gasteiger partial charge in [-0.1, -0.05) is 18.2 Å². The van der Waals surface area contributed by atoms with E-state index in [1.54, 1.807) is 18.2 Å². The molecule has 1 aromatic carbocycles. The number of hydrogen-bond donors (Lipinski definition) is 1. The summed E-state index contributed by atoms with van der Waals surface area (Å²) in [6, 6.07) is 8.88. The molecule has 0 amide bonds. The number of benzene rings is 1. The smallest absolute Gasteiger partial charge is 0.456 e. The Morgan fingerprint density at radius 1 is 1.18 bits per heavy atom. The number of hydrogen-bond acceptors (Lipinski definition) is 8. The molecular formula is C17H13FN2O8. The molecule has 3 heterocycles. The van der Waals surface area contributed by atoms with Gasteiger partial charge in [-0.3, -0.25) is 14.3 Å². The predicted octanol–water partition coefficient (Wildman–Crippen LogP) is 0.492. The molecule has 28 heavy (non-hydrogen) atoms. The lowest BCUT2D eigenvalue weighted by molar-refractivity contribution is -0.211. The van der Waals surface area contributed by atoms with Gasteiger partial charge in [-0.25, -0.2) is 18.8 Å². The van der Waals surface area contributed by atoms with Crippen molar-refractivity contribution in [2.75, 3.05) is 6.61 Å². The summed E-state index contributed by atoms with van der Waals surface area (Å²) < 4.78 is 36.2. The van der Waals surface area contributed by atoms with Crippen LogP contribution < -0.4 is 11.2 Å². The Morgan fingerprint density at radius 3 is 2.64 bits per heavy atom. The van der Waals surface area contributed by atoms with Crippen molar-refractivity contribution < 1.29 is 32.9 Å². The predicted molar refractivity (Wildman–Crippen MR) is 87.2 cm³/mol. The molecule has 146 valence electrons. The van der Waals surface area contributed by atoms with Gasteiger partial charge < -0.3 is 18.9 Å². The highest BCUT2D eigenvalue weighted by Gasteiger charge is 2.65. The number of aromatic nitrogens is 2. The Labute approximate surface area is 155 Å². The van der Waals surface area contributed by atoms with Gasteiger partial charge in [0.05, 0.1) is 5.56 Å². The molecule has 1 aromatic heterocycles. The Balaban J connectivity index is 1.58. The number of aromatic amines is 1. The standard InChI is InChI=1S/C17H13FN2O8/c18-17(8-25-14(22)9-4-2-1-3-5-9)12-11(26-16(24)27-12)13(28-17)20-7-6-10(21)19-15(20)23/h1-7,11-13H,8H2,(H,19,21,23)/t11-,12+,13-,17-/m1/s1. The van der Waals surface area contributed by atoms with Crippen molar-refractivity contribution in [1.82, 2.24) is 9.55 Å². The number of nitrogens with zero attached hydrogens (tertiary/aromatic N) is 1. The van der Waals surface area contributed by atoms with Crippen LogP contribution >= 0.6 is 0 Å². The number of H-pyrrole nitrogens is 1. The zero-order valence-corrected chi connectivity index (χ0v) is 14.1. The van der Waals surface area contributed by atoms with E-state index in [0.717, 1.165) is 16.8 Å². The highest BCUT2D eigenvalue weighted by atomic mass is 19.2. The van der Waals surface area contributed by atoms with E-state index < -0.39 is 54.3 Å². The zero-order valence-electron chi connectivity index (χ0n) is 14.1. The van der Waals surface area contributed by atoms with Crippen LogP contribution in [0.2, 0.25) is 0 Å². The van der Waals surface area contributed by atoms with Crippen molar-refractivity contribution in [3.8, 4) is 0 Å². The molecule has 0 bridgehead atoms. The van der Waals surface area contributed by atoms with E-state index in [1.807, 2.05) is 4.98 Å². The maximum atomic E-state index is 15.4. The number of fused-ring (bicyclic) bond motifs is 1. The third-order valence-electron chi connectivity index (χ3n) is 4.31. The number of nitrogens with one attached hydrogen (secondary N) is 1. The minimum Gasteiger partial charge on any atom is -0.456 e. The van der Waals surface area contributed by atoms with Gasteiger partial charge in [0.15, 0.2) is 18.9 Å². The molecule has 11 heteroatoms. The van der Waals surface area contributed by atoms with Gasteiger partial charge in [-0.05, 0) is 12.1 Å².